The van der Waals surface area contributed by atoms with Crippen LogP contribution < -0.4 is 16.0 Å². The molecule has 0 saturated carbocycles. The van der Waals surface area contributed by atoms with Crippen LogP contribution in [0.25, 0.3) is 0 Å². The summed E-state index contributed by atoms with van der Waals surface area (Å²) in [4.78, 5) is 2.59. The third-order valence-corrected chi connectivity index (χ3v) is 1.01. The number of rotatable bonds is 0. The van der Waals surface area contributed by atoms with Crippen molar-refractivity contribution in [2.24, 2.45) is 5.73 Å². The van der Waals surface area contributed by atoms with E-state index >= 15 is 0 Å². The van der Waals surface area contributed by atoms with Crippen molar-refractivity contribution in [3.63, 3.8) is 0 Å². The molecule has 6 N–H and O–H groups in total. The molecule has 0 saturated heterocycles. The summed E-state index contributed by atoms with van der Waals surface area (Å²) in [5.74, 6) is -0.123. The Kier molecular flexibility index (Phi) is 19.3. The average Bonchev–Trinajstić information content (AvgIpc) is 1.88. The first-order chi connectivity index (χ1) is 5.08. The van der Waals surface area contributed by atoms with E-state index in [0.29, 0.717) is 10.4 Å². The number of halogens is 1. The second kappa shape index (κ2) is 13.2. The summed E-state index contributed by atoms with van der Waals surface area (Å²) >= 11 is -2.00. The van der Waals surface area contributed by atoms with Crippen molar-refractivity contribution in [1.29, 1.82) is 10.8 Å². The molecule has 0 rings (SSSR count). The van der Waals surface area contributed by atoms with Crippen molar-refractivity contribution in [1.82, 2.24) is 10.3 Å². The van der Waals surface area contributed by atoms with Gasteiger partial charge in [0.1, 0.15) is 10.4 Å². The number of nitrogens with one attached hydrogen (secondary N) is 4. The van der Waals surface area contributed by atoms with Crippen LogP contribution in [0.15, 0.2) is 0 Å². The third-order valence-electron chi connectivity index (χ3n) is 0.510. The standard InChI is InChI=1S/C2H9N5Si.ClH.2O.Ti/c3-1(4)6-2(5)7-8;;;;/h8H3,(H6,3,4,5,6,7);1H;;;. The molecule has 0 heterocycles. The summed E-state index contributed by atoms with van der Waals surface area (Å²) in [6, 6.07) is 0. The SMILES string of the molecule is Cl.N=C(N)NC(=N)N[SiH3].[O]=[Ti]=[O]. The van der Waals surface area contributed by atoms with Gasteiger partial charge < -0.3 is 10.7 Å². The van der Waals surface area contributed by atoms with Gasteiger partial charge in [-0.05, 0) is 0 Å². The maximum atomic E-state index is 8.50. The van der Waals surface area contributed by atoms with E-state index in [1.807, 2.05) is 0 Å². The molecule has 0 fully saturated rings. The molecule has 7 nitrogen and oxygen atoms in total. The van der Waals surface area contributed by atoms with Gasteiger partial charge in [0.2, 0.25) is 0 Å². The second-order valence-corrected chi connectivity index (χ2v) is 2.01. The van der Waals surface area contributed by atoms with Crippen LogP contribution in [0.4, 0.5) is 0 Å². The number of nitrogens with two attached hydrogens (primary N) is 1. The molecule has 0 aliphatic carbocycles. The normalized spacial score (nSPS) is 6.00. The van der Waals surface area contributed by atoms with Crippen molar-refractivity contribution < 1.29 is 25.7 Å². The molecule has 0 bridgehead atoms. The monoisotopic (exact) mass is 247 g/mol. The molecule has 0 atom stereocenters. The number of guanidine groups is 2. The van der Waals surface area contributed by atoms with Gasteiger partial charge in [-0.25, -0.2) is 0 Å². The Morgan fingerprint density at radius 3 is 1.83 bits per heavy atom. The van der Waals surface area contributed by atoms with Crippen LogP contribution in [-0.4, -0.2) is 22.3 Å². The van der Waals surface area contributed by atoms with Gasteiger partial charge in [0, 0.05) is 0 Å². The van der Waals surface area contributed by atoms with Gasteiger partial charge in [-0.2, -0.15) is 0 Å². The summed E-state index contributed by atoms with van der Waals surface area (Å²) < 4.78 is 17.0. The van der Waals surface area contributed by atoms with E-state index in [9.17, 15) is 0 Å². The zero-order valence-corrected chi connectivity index (χ0v) is 10.7. The van der Waals surface area contributed by atoms with Crippen LogP contribution in [0, 0.1) is 10.8 Å². The Balaban J connectivity index is -0.000000177. The molecule has 0 amide bonds. The Bertz CT molecular complexity index is 182. The first-order valence-electron chi connectivity index (χ1n) is 2.45. The van der Waals surface area contributed by atoms with Gasteiger partial charge in [-0.1, -0.05) is 0 Å². The zero-order chi connectivity index (χ0) is 9.28. The maximum absolute atomic E-state index is 8.50. The summed E-state index contributed by atoms with van der Waals surface area (Å²) in [7, 11) is 0.689. The fourth-order valence-corrected chi connectivity index (χ4v) is 0.322. The van der Waals surface area contributed by atoms with Crippen LogP contribution in [0.3, 0.4) is 0 Å². The molecular formula is C2H10ClN5O2SiTi. The molecule has 12 heavy (non-hydrogen) atoms. The van der Waals surface area contributed by atoms with Crippen LogP contribution in [0.1, 0.15) is 0 Å². The van der Waals surface area contributed by atoms with E-state index in [1.165, 1.54) is 0 Å². The zero-order valence-electron chi connectivity index (χ0n) is 6.30. The van der Waals surface area contributed by atoms with Gasteiger partial charge in [0.25, 0.3) is 0 Å². The Morgan fingerprint density at radius 1 is 1.42 bits per heavy atom. The Morgan fingerprint density at radius 2 is 1.75 bits per heavy atom. The van der Waals surface area contributed by atoms with Crippen molar-refractivity contribution in [3.05, 3.63) is 0 Å². The van der Waals surface area contributed by atoms with Crippen molar-refractivity contribution in [2.45, 2.75) is 0 Å². The van der Waals surface area contributed by atoms with Crippen LogP contribution >= 0.6 is 12.4 Å². The first-order valence-corrected chi connectivity index (χ1v) is 4.72. The summed E-state index contributed by atoms with van der Waals surface area (Å²) in [5.41, 5.74) is 4.88. The van der Waals surface area contributed by atoms with E-state index < -0.39 is 19.1 Å². The van der Waals surface area contributed by atoms with E-state index in [4.69, 9.17) is 23.2 Å². The Hall–Kier alpha value is -0.439. The topological polar surface area (TPSA) is 132 Å². The first kappa shape index (κ1) is 17.6. The average molecular weight is 248 g/mol. The van der Waals surface area contributed by atoms with Crippen LogP contribution in [0.2, 0.25) is 0 Å². The molecule has 10 heteroatoms. The van der Waals surface area contributed by atoms with Gasteiger partial charge in [-0.15, -0.1) is 12.4 Å². The van der Waals surface area contributed by atoms with E-state index in [2.05, 4.69) is 10.3 Å². The Labute approximate surface area is 87.4 Å². The molecule has 0 aromatic heterocycles. The number of hydrogen-bond donors (Lipinski definition) is 5. The third kappa shape index (κ3) is 22.7. The van der Waals surface area contributed by atoms with Crippen molar-refractivity contribution in [2.75, 3.05) is 0 Å². The van der Waals surface area contributed by atoms with Gasteiger partial charge in [-0.3, -0.25) is 16.1 Å². The van der Waals surface area contributed by atoms with E-state index in [0.717, 1.165) is 0 Å². The quantitative estimate of drug-likeness (QED) is 0.183. The fourth-order valence-electron chi connectivity index (χ4n) is 0.197. The molecule has 0 radical (unpaired) electrons. The molecular weight excluding hydrogens is 237 g/mol. The minimum atomic E-state index is -2.00. The molecule has 70 valence electrons. The van der Waals surface area contributed by atoms with Crippen molar-refractivity contribution in [3.8, 4) is 0 Å². The predicted molar refractivity (Wildman–Crippen MR) is 44.5 cm³/mol. The van der Waals surface area contributed by atoms with Crippen molar-refractivity contribution >= 4 is 34.7 Å². The van der Waals surface area contributed by atoms with Gasteiger partial charge in [0.05, 0.1) is 0 Å². The van der Waals surface area contributed by atoms with Crippen LogP contribution in [0.5, 0.6) is 0 Å². The molecule has 0 aromatic rings. The number of hydrogen-bond acceptors (Lipinski definition) is 4. The summed E-state index contributed by atoms with van der Waals surface area (Å²) in [5, 5.41) is 15.7. The minimum absolute atomic E-state index is 0. The van der Waals surface area contributed by atoms with E-state index in [1.54, 1.807) is 0 Å². The van der Waals surface area contributed by atoms with Gasteiger partial charge in [0.15, 0.2) is 11.9 Å². The fraction of sp³-hybridized carbons (Fsp3) is 0. The summed E-state index contributed by atoms with van der Waals surface area (Å²) in [6.07, 6.45) is 0. The molecule has 0 aliphatic heterocycles. The molecule has 0 spiro atoms. The van der Waals surface area contributed by atoms with Gasteiger partial charge >= 0.3 is 25.7 Å². The second-order valence-electron chi connectivity index (χ2n) is 1.25. The predicted octanol–water partition coefficient (Wildman–Crippen LogP) is -2.54. The molecule has 0 aliphatic rings. The molecule has 0 unspecified atom stereocenters. The van der Waals surface area contributed by atoms with Crippen LogP contribution in [-0.2, 0) is 25.7 Å². The summed E-state index contributed by atoms with van der Waals surface area (Å²) in [6.45, 7) is 0. The molecule has 0 aromatic carbocycles. The van der Waals surface area contributed by atoms with E-state index in [-0.39, 0.29) is 24.3 Å².